The molecule has 0 fully saturated rings. The van der Waals surface area contributed by atoms with E-state index >= 15 is 0 Å². The van der Waals surface area contributed by atoms with E-state index in [9.17, 15) is 14.0 Å². The molecule has 3 aromatic rings. The second-order valence-electron chi connectivity index (χ2n) is 7.30. The number of amides is 2. The fraction of sp³-hybridized carbons (Fsp3) is 0.286. The Morgan fingerprint density at radius 3 is 2.53 bits per heavy atom. The van der Waals surface area contributed by atoms with Gasteiger partial charge in [-0.25, -0.2) is 4.39 Å². The number of halogens is 1. The van der Waals surface area contributed by atoms with E-state index in [4.69, 9.17) is 0 Å². The molecule has 0 unspecified atom stereocenters. The van der Waals surface area contributed by atoms with Crippen molar-refractivity contribution in [3.8, 4) is 0 Å². The van der Waals surface area contributed by atoms with Gasteiger partial charge in [0.05, 0.1) is 11.4 Å². The van der Waals surface area contributed by atoms with Crippen LogP contribution in [0.5, 0.6) is 0 Å². The van der Waals surface area contributed by atoms with E-state index in [0.717, 1.165) is 16.4 Å². The molecule has 0 bridgehead atoms. The van der Waals surface area contributed by atoms with Crippen LogP contribution in [0.4, 0.5) is 10.1 Å². The minimum atomic E-state index is -1.21. The van der Waals surface area contributed by atoms with Gasteiger partial charge < -0.3 is 5.32 Å². The molecule has 0 spiro atoms. The maximum atomic E-state index is 14.8. The number of hydrogen-bond donors (Lipinski definition) is 1. The molecule has 0 radical (unpaired) electrons. The summed E-state index contributed by atoms with van der Waals surface area (Å²) in [6.45, 7) is 5.69. The lowest BCUT2D eigenvalue weighted by atomic mass is 10.00. The number of aromatic nitrogens is 3. The Morgan fingerprint density at radius 1 is 1.20 bits per heavy atom. The highest BCUT2D eigenvalue weighted by Gasteiger charge is 2.38. The van der Waals surface area contributed by atoms with E-state index in [0.29, 0.717) is 12.1 Å². The number of nitrogens with zero attached hydrogens (tertiary/aromatic N) is 4. The molecule has 0 aliphatic rings. The van der Waals surface area contributed by atoms with Crippen molar-refractivity contribution < 1.29 is 14.0 Å². The van der Waals surface area contributed by atoms with Crippen molar-refractivity contribution in [1.82, 2.24) is 19.9 Å². The third-order valence-electron chi connectivity index (χ3n) is 4.73. The average molecular weight is 428 g/mol. The highest BCUT2D eigenvalue weighted by Crippen LogP contribution is 2.31. The van der Waals surface area contributed by atoms with Crippen molar-refractivity contribution in [3.63, 3.8) is 0 Å². The number of anilines is 1. The Hall–Kier alpha value is -3.20. The smallest absolute Gasteiger partial charge is 0.280 e. The average Bonchev–Trinajstić information content (AvgIpc) is 3.27. The molecule has 1 atom stereocenters. The Morgan fingerprint density at radius 2 is 1.93 bits per heavy atom. The van der Waals surface area contributed by atoms with Crippen LogP contribution in [0, 0.1) is 5.82 Å². The van der Waals surface area contributed by atoms with Gasteiger partial charge in [0.2, 0.25) is 5.91 Å². The number of rotatable bonds is 7. The van der Waals surface area contributed by atoms with Crippen LogP contribution in [0.2, 0.25) is 0 Å². The number of pyridine rings is 1. The molecule has 0 saturated carbocycles. The molecule has 156 valence electrons. The highest BCUT2D eigenvalue weighted by molar-refractivity contribution is 7.03. The first-order valence-corrected chi connectivity index (χ1v) is 10.3. The van der Waals surface area contributed by atoms with E-state index in [1.807, 2.05) is 20.8 Å². The van der Waals surface area contributed by atoms with Gasteiger partial charge in [-0.3, -0.25) is 19.5 Å². The molecule has 0 saturated heterocycles. The zero-order chi connectivity index (χ0) is 21.7. The zero-order valence-corrected chi connectivity index (χ0v) is 17.7. The fourth-order valence-electron chi connectivity index (χ4n) is 2.81. The monoisotopic (exact) mass is 427 g/mol. The standard InChI is InChI=1S/C21H22FN5O2S/c1-4-21(2,3)24-19(28)18(15-10-7-8-12-23-15)27(17-11-6-5-9-14(17)22)20(29)16-13-30-26-25-16/h5-13,18H,4H2,1-3H3,(H,24,28)/t18-/m0/s1. The maximum absolute atomic E-state index is 14.8. The first-order valence-electron chi connectivity index (χ1n) is 9.42. The summed E-state index contributed by atoms with van der Waals surface area (Å²) in [5.41, 5.74) is -0.250. The van der Waals surface area contributed by atoms with Crippen molar-refractivity contribution in [2.24, 2.45) is 0 Å². The van der Waals surface area contributed by atoms with Crippen LogP contribution in [0.15, 0.2) is 54.0 Å². The number of benzene rings is 1. The summed E-state index contributed by atoms with van der Waals surface area (Å²) in [7, 11) is 0. The van der Waals surface area contributed by atoms with Crippen molar-refractivity contribution in [2.45, 2.75) is 38.8 Å². The second kappa shape index (κ2) is 9.08. The highest BCUT2D eigenvalue weighted by atomic mass is 32.1. The number of para-hydroxylation sites is 1. The Bertz CT molecular complexity index is 1010. The summed E-state index contributed by atoms with van der Waals surface area (Å²) in [5, 5.41) is 8.22. The van der Waals surface area contributed by atoms with Crippen LogP contribution >= 0.6 is 11.5 Å². The molecule has 1 N–H and O–H groups in total. The molecule has 7 nitrogen and oxygen atoms in total. The second-order valence-corrected chi connectivity index (χ2v) is 7.91. The lowest BCUT2D eigenvalue weighted by Gasteiger charge is -2.33. The van der Waals surface area contributed by atoms with Crippen LogP contribution in [-0.2, 0) is 4.79 Å². The van der Waals surface area contributed by atoms with Crippen molar-refractivity contribution in [2.75, 3.05) is 4.90 Å². The zero-order valence-electron chi connectivity index (χ0n) is 16.9. The molecule has 0 aliphatic carbocycles. The minimum Gasteiger partial charge on any atom is -0.349 e. The number of hydrogen-bond acceptors (Lipinski definition) is 6. The van der Waals surface area contributed by atoms with Gasteiger partial charge in [0, 0.05) is 17.1 Å². The summed E-state index contributed by atoms with van der Waals surface area (Å²) >= 11 is 0.996. The van der Waals surface area contributed by atoms with Gasteiger partial charge in [-0.05, 0) is 56.1 Å². The van der Waals surface area contributed by atoms with E-state index in [1.165, 1.54) is 29.8 Å². The van der Waals surface area contributed by atoms with Gasteiger partial charge >= 0.3 is 0 Å². The molecular weight excluding hydrogens is 405 g/mol. The van der Waals surface area contributed by atoms with Gasteiger partial charge in [-0.15, -0.1) is 5.10 Å². The van der Waals surface area contributed by atoms with Crippen molar-refractivity contribution in [3.05, 3.63) is 71.2 Å². The third kappa shape index (κ3) is 4.68. The topological polar surface area (TPSA) is 88.1 Å². The SMILES string of the molecule is CCC(C)(C)NC(=O)[C@H](c1ccccn1)N(C(=O)c1csnn1)c1ccccc1F. The summed E-state index contributed by atoms with van der Waals surface area (Å²) in [6.07, 6.45) is 2.19. The predicted molar refractivity (Wildman–Crippen MR) is 113 cm³/mol. The first-order chi connectivity index (χ1) is 14.3. The summed E-state index contributed by atoms with van der Waals surface area (Å²) in [5.74, 6) is -1.76. The molecular formula is C21H22FN5O2S. The normalized spacial score (nSPS) is 12.3. The summed E-state index contributed by atoms with van der Waals surface area (Å²) in [4.78, 5) is 32.2. The number of nitrogens with one attached hydrogen (secondary N) is 1. The van der Waals surface area contributed by atoms with Gasteiger partial charge in [0.25, 0.3) is 5.91 Å². The van der Waals surface area contributed by atoms with Crippen LogP contribution in [0.3, 0.4) is 0 Å². The quantitative estimate of drug-likeness (QED) is 0.620. The van der Waals surface area contributed by atoms with Gasteiger partial charge in [0.15, 0.2) is 11.7 Å². The van der Waals surface area contributed by atoms with E-state index in [-0.39, 0.29) is 11.4 Å². The van der Waals surface area contributed by atoms with Gasteiger partial charge in [0.1, 0.15) is 5.82 Å². The van der Waals surface area contributed by atoms with Crippen LogP contribution in [0.1, 0.15) is 49.4 Å². The lowest BCUT2D eigenvalue weighted by Crippen LogP contribution is -2.51. The minimum absolute atomic E-state index is 0.0201. The molecule has 1 aromatic carbocycles. The van der Waals surface area contributed by atoms with E-state index in [2.05, 4.69) is 19.9 Å². The number of carbonyl (C=O) groups excluding carboxylic acids is 2. The van der Waals surface area contributed by atoms with Gasteiger partial charge in [-0.2, -0.15) is 0 Å². The largest absolute Gasteiger partial charge is 0.349 e. The molecule has 2 amide bonds. The molecule has 2 heterocycles. The fourth-order valence-corrected chi connectivity index (χ4v) is 3.24. The lowest BCUT2D eigenvalue weighted by molar-refractivity contribution is -0.124. The van der Waals surface area contributed by atoms with Crippen LogP contribution < -0.4 is 10.2 Å². The Labute approximate surface area is 178 Å². The van der Waals surface area contributed by atoms with Gasteiger partial charge in [-0.1, -0.05) is 29.6 Å². The first kappa shape index (κ1) is 21.5. The van der Waals surface area contributed by atoms with Crippen LogP contribution in [0.25, 0.3) is 0 Å². The Balaban J connectivity index is 2.17. The molecule has 9 heteroatoms. The summed E-state index contributed by atoms with van der Waals surface area (Å²) < 4.78 is 18.5. The third-order valence-corrected chi connectivity index (χ3v) is 5.23. The predicted octanol–water partition coefficient (Wildman–Crippen LogP) is 3.77. The van der Waals surface area contributed by atoms with Crippen molar-refractivity contribution in [1.29, 1.82) is 0 Å². The van der Waals surface area contributed by atoms with E-state index in [1.54, 1.807) is 24.3 Å². The van der Waals surface area contributed by atoms with E-state index < -0.39 is 29.2 Å². The van der Waals surface area contributed by atoms with Crippen LogP contribution in [-0.4, -0.2) is 31.9 Å². The molecule has 30 heavy (non-hydrogen) atoms. The maximum Gasteiger partial charge on any atom is 0.280 e. The number of carbonyl (C=O) groups is 2. The molecule has 0 aliphatic heterocycles. The summed E-state index contributed by atoms with van der Waals surface area (Å²) in [6, 6.07) is 9.63. The molecule has 2 aromatic heterocycles. The Kier molecular flexibility index (Phi) is 6.51. The molecule has 3 rings (SSSR count). The van der Waals surface area contributed by atoms with Crippen molar-refractivity contribution >= 4 is 29.0 Å².